The van der Waals surface area contributed by atoms with Crippen molar-refractivity contribution in [1.82, 2.24) is 0 Å². The van der Waals surface area contributed by atoms with Crippen LogP contribution in [0.15, 0.2) is 23.6 Å². The van der Waals surface area contributed by atoms with E-state index in [1.807, 2.05) is 0 Å². The van der Waals surface area contributed by atoms with Gasteiger partial charge in [0.15, 0.2) is 0 Å². The van der Waals surface area contributed by atoms with Crippen molar-refractivity contribution in [1.29, 1.82) is 0 Å². The number of hydrogen-bond donors (Lipinski definition) is 3. The van der Waals surface area contributed by atoms with Gasteiger partial charge >= 0.3 is 5.97 Å². The van der Waals surface area contributed by atoms with Gasteiger partial charge in [-0.15, -0.1) is 11.3 Å². The maximum absolute atomic E-state index is 12.2. The fourth-order valence-electron chi connectivity index (χ4n) is 1.76. The molecule has 0 aliphatic heterocycles. The summed E-state index contributed by atoms with van der Waals surface area (Å²) in [4.78, 5) is 23.4. The minimum atomic E-state index is -1.11. The van der Waals surface area contributed by atoms with Crippen LogP contribution in [0.2, 0.25) is 0 Å². The van der Waals surface area contributed by atoms with E-state index < -0.39 is 11.9 Å². The number of phenols is 1. The molecular weight excluding hydrogens is 294 g/mol. The molecule has 21 heavy (non-hydrogen) atoms. The molecule has 2 aromatic rings. The molecule has 2 rings (SSSR count). The Bertz CT molecular complexity index is 707. The number of carboxylic acid groups (broad SMARTS) is 1. The second-order valence-corrected chi connectivity index (χ2v) is 5.14. The van der Waals surface area contributed by atoms with E-state index in [0.717, 1.165) is 11.3 Å². The SMILES string of the molecule is COc1ccc(O)c(C(=O)Nc2c(C)csc2C(=O)O)c1. The number of aromatic hydroxyl groups is 1. The molecule has 1 heterocycles. The van der Waals surface area contributed by atoms with Crippen molar-refractivity contribution in [3.8, 4) is 11.5 Å². The first-order valence-electron chi connectivity index (χ1n) is 5.93. The van der Waals surface area contributed by atoms with E-state index in [9.17, 15) is 14.7 Å². The number of rotatable bonds is 4. The predicted octanol–water partition coefficient (Wildman–Crippen LogP) is 2.72. The summed E-state index contributed by atoms with van der Waals surface area (Å²) in [6.45, 7) is 1.70. The van der Waals surface area contributed by atoms with Gasteiger partial charge in [-0.3, -0.25) is 4.79 Å². The summed E-state index contributed by atoms with van der Waals surface area (Å²) in [7, 11) is 1.44. The standard InChI is InChI=1S/C14H13NO5S/c1-7-6-21-12(14(18)19)11(7)15-13(17)9-5-8(20-2)3-4-10(9)16/h3-6,16H,1-2H3,(H,15,17)(H,18,19). The van der Waals surface area contributed by atoms with Crippen molar-refractivity contribution in [3.05, 3.63) is 39.6 Å². The minimum absolute atomic E-state index is 0.0105. The van der Waals surface area contributed by atoms with E-state index in [1.54, 1.807) is 12.3 Å². The Hall–Kier alpha value is -2.54. The van der Waals surface area contributed by atoms with Gasteiger partial charge in [0.2, 0.25) is 0 Å². The molecule has 1 aromatic carbocycles. The van der Waals surface area contributed by atoms with Crippen LogP contribution < -0.4 is 10.1 Å². The summed E-state index contributed by atoms with van der Waals surface area (Å²) >= 11 is 1.03. The van der Waals surface area contributed by atoms with Crippen LogP contribution in [0, 0.1) is 6.92 Å². The zero-order valence-electron chi connectivity index (χ0n) is 11.3. The van der Waals surface area contributed by atoms with Gasteiger partial charge < -0.3 is 20.3 Å². The number of anilines is 1. The summed E-state index contributed by atoms with van der Waals surface area (Å²) in [5.74, 6) is -1.51. The lowest BCUT2D eigenvalue weighted by molar-refractivity contribution is 0.0703. The number of amides is 1. The normalized spacial score (nSPS) is 10.2. The molecule has 6 nitrogen and oxygen atoms in total. The molecule has 110 valence electrons. The number of benzene rings is 1. The van der Waals surface area contributed by atoms with Crippen LogP contribution in [0.5, 0.6) is 11.5 Å². The molecule has 1 aromatic heterocycles. The second kappa shape index (κ2) is 5.84. The largest absolute Gasteiger partial charge is 0.507 e. The Kier molecular flexibility index (Phi) is 4.13. The van der Waals surface area contributed by atoms with Crippen molar-refractivity contribution in [2.45, 2.75) is 6.92 Å². The van der Waals surface area contributed by atoms with Crippen LogP contribution in [0.3, 0.4) is 0 Å². The molecule has 0 radical (unpaired) electrons. The first-order chi connectivity index (χ1) is 9.93. The molecule has 1 amide bonds. The van der Waals surface area contributed by atoms with E-state index in [-0.39, 0.29) is 21.9 Å². The van der Waals surface area contributed by atoms with Crippen molar-refractivity contribution < 1.29 is 24.5 Å². The number of ether oxygens (including phenoxy) is 1. The number of nitrogens with one attached hydrogen (secondary N) is 1. The van der Waals surface area contributed by atoms with E-state index in [1.165, 1.54) is 25.3 Å². The number of methoxy groups -OCH3 is 1. The molecule has 0 aliphatic rings. The summed E-state index contributed by atoms with van der Waals surface area (Å²) < 4.78 is 5.00. The van der Waals surface area contributed by atoms with Gasteiger partial charge in [0, 0.05) is 0 Å². The first-order valence-corrected chi connectivity index (χ1v) is 6.81. The van der Waals surface area contributed by atoms with Crippen LogP contribution in [-0.4, -0.2) is 29.2 Å². The average molecular weight is 307 g/mol. The second-order valence-electron chi connectivity index (χ2n) is 4.27. The maximum atomic E-state index is 12.2. The zero-order valence-corrected chi connectivity index (χ0v) is 12.2. The smallest absolute Gasteiger partial charge is 0.348 e. The van der Waals surface area contributed by atoms with Gasteiger partial charge in [0.1, 0.15) is 16.4 Å². The highest BCUT2D eigenvalue weighted by atomic mass is 32.1. The average Bonchev–Trinajstić information content (AvgIpc) is 2.81. The fraction of sp³-hybridized carbons (Fsp3) is 0.143. The number of aryl methyl sites for hydroxylation is 1. The van der Waals surface area contributed by atoms with E-state index in [0.29, 0.717) is 11.3 Å². The number of carboxylic acids is 1. The topological polar surface area (TPSA) is 95.9 Å². The van der Waals surface area contributed by atoms with E-state index in [4.69, 9.17) is 9.84 Å². The predicted molar refractivity (Wildman–Crippen MR) is 78.6 cm³/mol. The van der Waals surface area contributed by atoms with Gasteiger partial charge in [-0.2, -0.15) is 0 Å². The van der Waals surface area contributed by atoms with Crippen LogP contribution in [0.1, 0.15) is 25.6 Å². The zero-order chi connectivity index (χ0) is 15.6. The van der Waals surface area contributed by atoms with Gasteiger partial charge in [-0.25, -0.2) is 4.79 Å². The Morgan fingerprint density at radius 1 is 1.33 bits per heavy atom. The minimum Gasteiger partial charge on any atom is -0.507 e. The molecule has 0 aliphatic carbocycles. The van der Waals surface area contributed by atoms with Crippen molar-refractivity contribution in [3.63, 3.8) is 0 Å². The molecule has 0 saturated carbocycles. The third-order valence-corrected chi connectivity index (χ3v) is 3.94. The molecule has 3 N–H and O–H groups in total. The van der Waals surface area contributed by atoms with Gasteiger partial charge in [-0.1, -0.05) is 0 Å². The summed E-state index contributed by atoms with van der Waals surface area (Å²) in [5.41, 5.74) is 0.893. The summed E-state index contributed by atoms with van der Waals surface area (Å²) in [6, 6.07) is 4.24. The highest BCUT2D eigenvalue weighted by Gasteiger charge is 2.19. The summed E-state index contributed by atoms with van der Waals surface area (Å²) in [5, 5.41) is 23.0. The highest BCUT2D eigenvalue weighted by Crippen LogP contribution is 2.29. The van der Waals surface area contributed by atoms with E-state index >= 15 is 0 Å². The van der Waals surface area contributed by atoms with Crippen molar-refractivity contribution >= 4 is 28.9 Å². The Labute approximate surface area is 124 Å². The highest BCUT2D eigenvalue weighted by molar-refractivity contribution is 7.12. The van der Waals surface area contributed by atoms with Gasteiger partial charge in [0.05, 0.1) is 18.4 Å². The monoisotopic (exact) mass is 307 g/mol. The fourth-order valence-corrected chi connectivity index (χ4v) is 2.60. The number of phenolic OH excluding ortho intramolecular Hbond substituents is 1. The molecule has 0 spiro atoms. The molecule has 0 unspecified atom stereocenters. The molecule has 0 atom stereocenters. The lowest BCUT2D eigenvalue weighted by Crippen LogP contribution is -2.14. The van der Waals surface area contributed by atoms with Crippen LogP contribution in [0.25, 0.3) is 0 Å². The third kappa shape index (κ3) is 2.97. The molecule has 0 fully saturated rings. The molecule has 0 saturated heterocycles. The quantitative estimate of drug-likeness (QED) is 0.807. The van der Waals surface area contributed by atoms with Gasteiger partial charge in [0.25, 0.3) is 5.91 Å². The lowest BCUT2D eigenvalue weighted by Gasteiger charge is -2.09. The Balaban J connectivity index is 2.35. The molecule has 0 bridgehead atoms. The molecular formula is C14H13NO5S. The van der Waals surface area contributed by atoms with Crippen LogP contribution in [-0.2, 0) is 0 Å². The number of thiophene rings is 1. The van der Waals surface area contributed by atoms with Crippen molar-refractivity contribution in [2.24, 2.45) is 0 Å². The van der Waals surface area contributed by atoms with Gasteiger partial charge in [-0.05, 0) is 36.1 Å². The lowest BCUT2D eigenvalue weighted by atomic mass is 10.1. The van der Waals surface area contributed by atoms with Crippen molar-refractivity contribution in [2.75, 3.05) is 12.4 Å². The first kappa shape index (κ1) is 14.9. The Morgan fingerprint density at radius 3 is 2.67 bits per heavy atom. The number of carbonyl (C=O) groups is 2. The molecule has 7 heteroatoms. The number of aromatic carboxylic acids is 1. The summed E-state index contributed by atoms with van der Waals surface area (Å²) in [6.07, 6.45) is 0. The van der Waals surface area contributed by atoms with Crippen LogP contribution in [0.4, 0.5) is 5.69 Å². The Morgan fingerprint density at radius 2 is 2.05 bits per heavy atom. The number of carbonyl (C=O) groups excluding carboxylic acids is 1. The third-order valence-electron chi connectivity index (χ3n) is 2.86. The van der Waals surface area contributed by atoms with E-state index in [2.05, 4.69) is 5.32 Å². The maximum Gasteiger partial charge on any atom is 0.348 e. The number of hydrogen-bond acceptors (Lipinski definition) is 5. The van der Waals surface area contributed by atoms with Crippen LogP contribution >= 0.6 is 11.3 Å².